The van der Waals surface area contributed by atoms with Crippen molar-refractivity contribution in [2.45, 2.75) is 166 Å². The Hall–Kier alpha value is -0.890. The van der Waals surface area contributed by atoms with Crippen LogP contribution in [0.25, 0.3) is 0 Å². The molecule has 5 saturated heterocycles. The normalized spacial score (nSPS) is 51.7. The lowest BCUT2D eigenvalue weighted by atomic mass is 9.78. The van der Waals surface area contributed by atoms with Crippen molar-refractivity contribution in [1.29, 1.82) is 0 Å². The summed E-state index contributed by atoms with van der Waals surface area (Å²) in [4.78, 5) is 11.8. The van der Waals surface area contributed by atoms with Crippen molar-refractivity contribution < 1.29 is 53.6 Å². The van der Waals surface area contributed by atoms with Crippen LogP contribution in [0.2, 0.25) is 0 Å². The van der Waals surface area contributed by atoms with Crippen LogP contribution in [0.1, 0.15) is 100 Å². The van der Waals surface area contributed by atoms with Gasteiger partial charge in [-0.1, -0.05) is 34.6 Å². The van der Waals surface area contributed by atoms with E-state index in [0.29, 0.717) is 19.3 Å². The van der Waals surface area contributed by atoms with Crippen LogP contribution >= 0.6 is 0 Å². The lowest BCUT2D eigenvalue weighted by Crippen LogP contribution is -2.57. The molecule has 5 rings (SSSR count). The van der Waals surface area contributed by atoms with Crippen LogP contribution in [-0.2, 0) is 33.2 Å². The zero-order valence-electron chi connectivity index (χ0n) is 29.3. The Morgan fingerprint density at radius 3 is 2.30 bits per heavy atom. The first kappa shape index (κ1) is 36.4. The highest BCUT2D eigenvalue weighted by Crippen LogP contribution is 2.54. The zero-order valence-corrected chi connectivity index (χ0v) is 29.3. The van der Waals surface area contributed by atoms with Crippen molar-refractivity contribution in [3.8, 4) is 0 Å². The van der Waals surface area contributed by atoms with Crippen molar-refractivity contribution in [3.05, 3.63) is 0 Å². The fraction of sp³-hybridized carbons (Fsp3) is 0.971. The summed E-state index contributed by atoms with van der Waals surface area (Å²) >= 11 is 0. The van der Waals surface area contributed by atoms with E-state index >= 15 is 0 Å². The average Bonchev–Trinajstić information content (AvgIpc) is 3.69. The molecule has 17 atom stereocenters. The number of hydrogen-bond donors (Lipinski definition) is 4. The fourth-order valence-electron chi connectivity index (χ4n) is 9.64. The monoisotopic (exact) mass is 656 g/mol. The Labute approximate surface area is 274 Å². The van der Waals surface area contributed by atoms with E-state index < -0.39 is 59.6 Å². The molecule has 11 heteroatoms. The van der Waals surface area contributed by atoms with Crippen molar-refractivity contribution >= 4 is 5.97 Å². The second-order valence-corrected chi connectivity index (χ2v) is 16.2. The standard InChI is InChI=1S/C35H60O11/c1-18-14-20(3)35(40,17-36)45-27(18)25-15-19(2)30(42-25)33(8)11-10-26(43-33)32(7)12-13-34(46-32)16-24(37)21(4)29(44-34)22(5)28(41-9)23(6)31(38)39/h18-30,36-37,40H,10-17H2,1-9H3,(H,38,39)/t18-,19-,20+,21+,22-,23-,24-,25+,26+,27-,28?,29-,30+,32-,33-,34?,35-/m0/s1. The first-order valence-electron chi connectivity index (χ1n) is 17.6. The van der Waals surface area contributed by atoms with Gasteiger partial charge in [-0.3, -0.25) is 4.79 Å². The summed E-state index contributed by atoms with van der Waals surface area (Å²) in [5, 5.41) is 41.7. The van der Waals surface area contributed by atoms with Crippen LogP contribution in [-0.4, -0.2) is 106 Å². The molecule has 5 fully saturated rings. The van der Waals surface area contributed by atoms with Gasteiger partial charge in [-0.15, -0.1) is 0 Å². The number of carboxylic acids is 1. The number of rotatable bonds is 9. The van der Waals surface area contributed by atoms with Gasteiger partial charge < -0.3 is 48.8 Å². The molecule has 0 bridgehead atoms. The Balaban J connectivity index is 1.26. The maximum absolute atomic E-state index is 11.8. The third-order valence-corrected chi connectivity index (χ3v) is 12.6. The molecule has 0 amide bonds. The maximum Gasteiger partial charge on any atom is 0.308 e. The van der Waals surface area contributed by atoms with Crippen LogP contribution in [0.5, 0.6) is 0 Å². The minimum Gasteiger partial charge on any atom is -0.481 e. The Kier molecular flexibility index (Phi) is 10.4. The first-order chi connectivity index (χ1) is 21.4. The molecule has 5 aliphatic rings. The van der Waals surface area contributed by atoms with Crippen molar-refractivity contribution in [2.75, 3.05) is 13.7 Å². The lowest BCUT2D eigenvalue weighted by molar-refractivity contribution is -0.336. The highest BCUT2D eigenvalue weighted by molar-refractivity contribution is 5.70. The quantitative estimate of drug-likeness (QED) is 0.286. The maximum atomic E-state index is 11.8. The molecule has 0 aromatic rings. The Morgan fingerprint density at radius 1 is 0.978 bits per heavy atom. The summed E-state index contributed by atoms with van der Waals surface area (Å²) < 4.78 is 39.1. The third-order valence-electron chi connectivity index (χ3n) is 12.6. The van der Waals surface area contributed by atoms with Gasteiger partial charge in [0.15, 0.2) is 11.6 Å². The van der Waals surface area contributed by atoms with Gasteiger partial charge in [0.25, 0.3) is 0 Å². The topological polar surface area (TPSA) is 153 Å². The molecule has 11 nitrogen and oxygen atoms in total. The summed E-state index contributed by atoms with van der Waals surface area (Å²) in [6, 6.07) is 0. The number of aliphatic hydroxyl groups is 3. The van der Waals surface area contributed by atoms with E-state index in [0.717, 1.165) is 25.7 Å². The van der Waals surface area contributed by atoms with Gasteiger partial charge in [0.2, 0.25) is 0 Å². The Morgan fingerprint density at radius 2 is 1.67 bits per heavy atom. The Bertz CT molecular complexity index is 1090. The first-order valence-corrected chi connectivity index (χ1v) is 17.6. The molecule has 4 N–H and O–H groups in total. The molecule has 5 heterocycles. The summed E-state index contributed by atoms with van der Waals surface area (Å²) in [7, 11) is 1.52. The van der Waals surface area contributed by atoms with Crippen LogP contribution in [0.3, 0.4) is 0 Å². The number of carbonyl (C=O) groups is 1. The van der Waals surface area contributed by atoms with Gasteiger partial charge >= 0.3 is 5.97 Å². The van der Waals surface area contributed by atoms with Crippen LogP contribution < -0.4 is 0 Å². The summed E-state index contributed by atoms with van der Waals surface area (Å²) in [5.41, 5.74) is -1.19. The van der Waals surface area contributed by atoms with Gasteiger partial charge in [-0.2, -0.15) is 0 Å². The average molecular weight is 657 g/mol. The van der Waals surface area contributed by atoms with E-state index in [9.17, 15) is 25.2 Å². The molecule has 0 aliphatic carbocycles. The summed E-state index contributed by atoms with van der Waals surface area (Å²) in [6.07, 6.45) is 2.15. The van der Waals surface area contributed by atoms with E-state index in [2.05, 4.69) is 27.7 Å². The molecule has 0 radical (unpaired) electrons. The predicted molar refractivity (Wildman–Crippen MR) is 168 cm³/mol. The minimum absolute atomic E-state index is 0.167. The molecule has 0 saturated carbocycles. The molecule has 2 unspecified atom stereocenters. The fourth-order valence-corrected chi connectivity index (χ4v) is 9.64. The largest absolute Gasteiger partial charge is 0.481 e. The third kappa shape index (κ3) is 6.42. The SMILES string of the molecule is COC([C@H](C)C(=O)O)[C@H](C)[C@H]1OC2(CC[C@@](C)([C@H]3CC[C@@](C)([C@@H]4O[C@@H]([C@H]5O[C@@](O)(CO)[C@H](C)C[C@@H]5C)C[C@@H]4C)O3)O2)C[C@H](O)[C@H]1C. The van der Waals surface area contributed by atoms with Gasteiger partial charge in [-0.05, 0) is 64.7 Å². The van der Waals surface area contributed by atoms with Gasteiger partial charge in [-0.25, -0.2) is 0 Å². The van der Waals surface area contributed by atoms with Gasteiger partial charge in [0, 0.05) is 37.7 Å². The van der Waals surface area contributed by atoms with Gasteiger partial charge in [0.05, 0.1) is 66.5 Å². The smallest absolute Gasteiger partial charge is 0.308 e. The number of aliphatic hydroxyl groups excluding tert-OH is 2. The van der Waals surface area contributed by atoms with Gasteiger partial charge in [0.1, 0.15) is 0 Å². The molecular weight excluding hydrogens is 596 g/mol. The molecule has 46 heavy (non-hydrogen) atoms. The molecule has 0 aromatic carbocycles. The van der Waals surface area contributed by atoms with Crippen LogP contribution in [0, 0.1) is 35.5 Å². The number of ether oxygens (including phenoxy) is 6. The van der Waals surface area contributed by atoms with E-state index in [1.165, 1.54) is 7.11 Å². The van der Waals surface area contributed by atoms with Crippen molar-refractivity contribution in [1.82, 2.24) is 0 Å². The molecule has 266 valence electrons. The highest BCUT2D eigenvalue weighted by Gasteiger charge is 2.61. The van der Waals surface area contributed by atoms with Crippen LogP contribution in [0.4, 0.5) is 0 Å². The second kappa shape index (κ2) is 13.1. The van der Waals surface area contributed by atoms with Crippen molar-refractivity contribution in [3.63, 3.8) is 0 Å². The van der Waals surface area contributed by atoms with E-state index in [-0.39, 0.29) is 54.0 Å². The second-order valence-electron chi connectivity index (χ2n) is 16.2. The van der Waals surface area contributed by atoms with Crippen molar-refractivity contribution in [2.24, 2.45) is 35.5 Å². The summed E-state index contributed by atoms with van der Waals surface area (Å²) in [6.45, 7) is 15.5. The number of carboxylic acid groups (broad SMARTS) is 1. The highest BCUT2D eigenvalue weighted by atomic mass is 16.7. The van der Waals surface area contributed by atoms with Crippen LogP contribution in [0.15, 0.2) is 0 Å². The van der Waals surface area contributed by atoms with E-state index in [1.54, 1.807) is 6.92 Å². The molecule has 5 aliphatic heterocycles. The number of methoxy groups -OCH3 is 1. The summed E-state index contributed by atoms with van der Waals surface area (Å²) in [5.74, 6) is -4.52. The number of aliphatic carboxylic acids is 1. The zero-order chi connectivity index (χ0) is 34.0. The van der Waals surface area contributed by atoms with E-state index in [1.807, 2.05) is 20.8 Å². The minimum atomic E-state index is -1.56. The molecular formula is C35H60O11. The molecule has 0 aromatic heterocycles. The predicted octanol–water partition coefficient (Wildman–Crippen LogP) is 3.88. The molecule has 1 spiro atoms. The number of hydrogen-bond acceptors (Lipinski definition) is 10. The van der Waals surface area contributed by atoms with E-state index in [4.69, 9.17) is 28.4 Å². The lowest BCUT2D eigenvalue weighted by Gasteiger charge is -2.48.